The first-order valence-corrected chi connectivity index (χ1v) is 10.7. The van der Waals surface area contributed by atoms with E-state index < -0.39 is 10.0 Å². The molecule has 0 saturated heterocycles. The van der Waals surface area contributed by atoms with Gasteiger partial charge < -0.3 is 5.32 Å². The minimum atomic E-state index is -3.82. The summed E-state index contributed by atoms with van der Waals surface area (Å²) in [5.41, 5.74) is 5.19. The van der Waals surface area contributed by atoms with Gasteiger partial charge >= 0.3 is 0 Å². The quantitative estimate of drug-likeness (QED) is 0.626. The second-order valence-electron chi connectivity index (χ2n) is 7.22. The van der Waals surface area contributed by atoms with Crippen molar-refractivity contribution in [1.29, 1.82) is 0 Å². The lowest BCUT2D eigenvalue weighted by Crippen LogP contribution is -2.17. The summed E-state index contributed by atoms with van der Waals surface area (Å²) in [6, 6.07) is 17.4. The highest BCUT2D eigenvalue weighted by molar-refractivity contribution is 7.92. The molecule has 0 fully saturated rings. The summed E-state index contributed by atoms with van der Waals surface area (Å²) in [5, 5.41) is 2.88. The van der Waals surface area contributed by atoms with Crippen LogP contribution in [0.25, 0.3) is 0 Å². The smallest absolute Gasteiger partial charge is 0.261 e. The molecular weight excluding hydrogens is 384 g/mol. The van der Waals surface area contributed by atoms with E-state index in [4.69, 9.17) is 0 Å². The van der Waals surface area contributed by atoms with Crippen LogP contribution in [0.3, 0.4) is 0 Å². The molecule has 0 spiro atoms. The van der Waals surface area contributed by atoms with Gasteiger partial charge in [-0.1, -0.05) is 35.9 Å². The zero-order chi connectivity index (χ0) is 21.2. The van der Waals surface area contributed by atoms with Gasteiger partial charge in [0.05, 0.1) is 4.90 Å². The molecule has 0 atom stereocenters. The largest absolute Gasteiger partial charge is 0.322 e. The van der Waals surface area contributed by atoms with Gasteiger partial charge in [0.25, 0.3) is 15.9 Å². The summed E-state index contributed by atoms with van der Waals surface area (Å²) in [4.78, 5) is 12.9. The third-order valence-electron chi connectivity index (χ3n) is 4.66. The molecule has 0 aromatic heterocycles. The number of amides is 1. The van der Waals surface area contributed by atoms with Crippen LogP contribution in [0.4, 0.5) is 11.4 Å². The highest BCUT2D eigenvalue weighted by atomic mass is 32.2. The fourth-order valence-corrected chi connectivity index (χ4v) is 4.15. The van der Waals surface area contributed by atoms with E-state index in [1.54, 1.807) is 31.2 Å². The average Bonchev–Trinajstić information content (AvgIpc) is 2.63. The van der Waals surface area contributed by atoms with Gasteiger partial charge in [-0.2, -0.15) is 0 Å². The lowest BCUT2D eigenvalue weighted by molar-refractivity contribution is 0.102. The molecule has 0 aliphatic carbocycles. The molecule has 150 valence electrons. The highest BCUT2D eigenvalue weighted by Gasteiger charge is 2.19. The molecule has 0 bridgehead atoms. The summed E-state index contributed by atoms with van der Waals surface area (Å²) in [5.74, 6) is -0.345. The van der Waals surface area contributed by atoms with Crippen molar-refractivity contribution in [3.05, 3.63) is 88.5 Å². The summed E-state index contributed by atoms with van der Waals surface area (Å²) in [7, 11) is -3.82. The van der Waals surface area contributed by atoms with E-state index in [0.29, 0.717) is 22.5 Å². The number of carbonyl (C=O) groups is 1. The van der Waals surface area contributed by atoms with E-state index in [0.717, 1.165) is 16.7 Å². The van der Waals surface area contributed by atoms with Crippen LogP contribution in [0.1, 0.15) is 32.6 Å². The minimum absolute atomic E-state index is 0.0374. The Balaban J connectivity index is 1.89. The Morgan fingerprint density at radius 1 is 0.793 bits per heavy atom. The van der Waals surface area contributed by atoms with E-state index in [-0.39, 0.29) is 10.8 Å². The molecule has 2 N–H and O–H groups in total. The lowest BCUT2D eigenvalue weighted by Gasteiger charge is -2.13. The van der Waals surface area contributed by atoms with Crippen molar-refractivity contribution in [2.75, 3.05) is 10.0 Å². The third-order valence-corrected chi connectivity index (χ3v) is 6.04. The standard InChI is InChI=1S/C23H24N2O3S/c1-15-6-5-7-19(13-15)25-29(27,28)20-10-9-17(3)21(14-20)23(26)24-22-11-8-16(2)12-18(22)4/h5-14,25H,1-4H3,(H,24,26). The molecule has 3 rings (SSSR count). The van der Waals surface area contributed by atoms with Crippen molar-refractivity contribution in [3.63, 3.8) is 0 Å². The first kappa shape index (κ1) is 20.6. The van der Waals surface area contributed by atoms with Crippen LogP contribution in [0.15, 0.2) is 65.6 Å². The van der Waals surface area contributed by atoms with Crippen molar-refractivity contribution in [2.45, 2.75) is 32.6 Å². The van der Waals surface area contributed by atoms with E-state index in [2.05, 4.69) is 10.0 Å². The number of anilines is 2. The molecule has 1 amide bonds. The third kappa shape index (κ3) is 4.84. The number of nitrogens with one attached hydrogen (secondary N) is 2. The lowest BCUT2D eigenvalue weighted by atomic mass is 10.1. The van der Waals surface area contributed by atoms with Gasteiger partial charge in [-0.3, -0.25) is 9.52 Å². The maximum absolute atomic E-state index is 12.8. The number of carbonyl (C=O) groups excluding carboxylic acids is 1. The Kier molecular flexibility index (Phi) is 5.75. The van der Waals surface area contributed by atoms with Crippen molar-refractivity contribution >= 4 is 27.3 Å². The van der Waals surface area contributed by atoms with Crippen LogP contribution < -0.4 is 10.0 Å². The topological polar surface area (TPSA) is 75.3 Å². The predicted octanol–water partition coefficient (Wildman–Crippen LogP) is 4.97. The molecule has 0 heterocycles. The van der Waals surface area contributed by atoms with Gasteiger partial charge in [-0.05, 0) is 74.7 Å². The van der Waals surface area contributed by atoms with Crippen molar-refractivity contribution in [3.8, 4) is 0 Å². The molecule has 0 aliphatic rings. The molecule has 0 unspecified atom stereocenters. The van der Waals surface area contributed by atoms with Gasteiger partial charge in [0, 0.05) is 16.9 Å². The van der Waals surface area contributed by atoms with E-state index in [1.165, 1.54) is 12.1 Å². The van der Waals surface area contributed by atoms with E-state index >= 15 is 0 Å². The Labute approximate surface area is 171 Å². The molecule has 29 heavy (non-hydrogen) atoms. The molecular formula is C23H24N2O3S. The van der Waals surface area contributed by atoms with Gasteiger partial charge in [0.15, 0.2) is 0 Å². The zero-order valence-corrected chi connectivity index (χ0v) is 17.7. The average molecular weight is 409 g/mol. The Morgan fingerprint density at radius 2 is 1.52 bits per heavy atom. The van der Waals surface area contributed by atoms with E-state index in [9.17, 15) is 13.2 Å². The summed E-state index contributed by atoms with van der Waals surface area (Å²) in [6.07, 6.45) is 0. The molecule has 3 aromatic carbocycles. The second-order valence-corrected chi connectivity index (χ2v) is 8.91. The fraction of sp³-hybridized carbons (Fsp3) is 0.174. The number of aryl methyl sites for hydroxylation is 4. The van der Waals surface area contributed by atoms with Gasteiger partial charge in [0.1, 0.15) is 0 Å². The maximum atomic E-state index is 12.8. The van der Waals surface area contributed by atoms with Gasteiger partial charge in [-0.25, -0.2) is 8.42 Å². The first-order valence-electron chi connectivity index (χ1n) is 9.24. The maximum Gasteiger partial charge on any atom is 0.261 e. The molecule has 0 saturated carbocycles. The molecule has 6 heteroatoms. The summed E-state index contributed by atoms with van der Waals surface area (Å²) >= 11 is 0. The Bertz CT molecular complexity index is 1180. The zero-order valence-electron chi connectivity index (χ0n) is 16.9. The normalized spacial score (nSPS) is 11.2. The summed E-state index contributed by atoms with van der Waals surface area (Å²) in [6.45, 7) is 7.57. The minimum Gasteiger partial charge on any atom is -0.322 e. The summed E-state index contributed by atoms with van der Waals surface area (Å²) < 4.78 is 28.2. The van der Waals surface area contributed by atoms with Crippen LogP contribution in [0.5, 0.6) is 0 Å². The number of hydrogen-bond donors (Lipinski definition) is 2. The number of benzene rings is 3. The van der Waals surface area contributed by atoms with Crippen LogP contribution >= 0.6 is 0 Å². The number of sulfonamides is 1. The second kappa shape index (κ2) is 8.09. The van der Waals surface area contributed by atoms with Crippen molar-refractivity contribution in [2.24, 2.45) is 0 Å². The molecule has 5 nitrogen and oxygen atoms in total. The number of rotatable bonds is 5. The fourth-order valence-electron chi connectivity index (χ4n) is 3.08. The van der Waals surface area contributed by atoms with Crippen molar-refractivity contribution in [1.82, 2.24) is 0 Å². The predicted molar refractivity (Wildman–Crippen MR) is 117 cm³/mol. The Morgan fingerprint density at radius 3 is 2.21 bits per heavy atom. The van der Waals surface area contributed by atoms with Crippen LogP contribution in [0.2, 0.25) is 0 Å². The SMILES string of the molecule is Cc1cccc(NS(=O)(=O)c2ccc(C)c(C(=O)Nc3ccc(C)cc3C)c2)c1. The molecule has 0 aliphatic heterocycles. The highest BCUT2D eigenvalue weighted by Crippen LogP contribution is 2.22. The van der Waals surface area contributed by atoms with Crippen molar-refractivity contribution < 1.29 is 13.2 Å². The van der Waals surface area contributed by atoms with Gasteiger partial charge in [0.2, 0.25) is 0 Å². The monoisotopic (exact) mass is 408 g/mol. The van der Waals surface area contributed by atoms with Crippen LogP contribution in [-0.2, 0) is 10.0 Å². The Hall–Kier alpha value is -3.12. The van der Waals surface area contributed by atoms with Crippen LogP contribution in [0, 0.1) is 27.7 Å². The van der Waals surface area contributed by atoms with Gasteiger partial charge in [-0.15, -0.1) is 0 Å². The molecule has 0 radical (unpaired) electrons. The molecule has 3 aromatic rings. The first-order chi connectivity index (χ1) is 13.7. The van der Waals surface area contributed by atoms with E-state index in [1.807, 2.05) is 45.0 Å². The van der Waals surface area contributed by atoms with Crippen LogP contribution in [-0.4, -0.2) is 14.3 Å². The number of hydrogen-bond acceptors (Lipinski definition) is 3.